The summed E-state index contributed by atoms with van der Waals surface area (Å²) >= 11 is 1.65. The van der Waals surface area contributed by atoms with Crippen LogP contribution in [0.5, 0.6) is 0 Å². The highest BCUT2D eigenvalue weighted by molar-refractivity contribution is 8.10. The van der Waals surface area contributed by atoms with Gasteiger partial charge in [0.1, 0.15) is 0 Å². The molecular weight excluding hydrogens is 566 g/mol. The van der Waals surface area contributed by atoms with Crippen molar-refractivity contribution in [3.8, 4) is 11.1 Å². The van der Waals surface area contributed by atoms with Crippen LogP contribution in [0.1, 0.15) is 78.5 Å². The van der Waals surface area contributed by atoms with Gasteiger partial charge in [-0.15, -0.1) is 11.8 Å². The van der Waals surface area contributed by atoms with Crippen molar-refractivity contribution in [1.29, 1.82) is 0 Å². The lowest BCUT2D eigenvalue weighted by atomic mass is 9.95. The summed E-state index contributed by atoms with van der Waals surface area (Å²) in [6.45, 7) is 0. The number of nitrogens with zero attached hydrogens (tertiary/aromatic N) is 1. The van der Waals surface area contributed by atoms with Gasteiger partial charge in [0.05, 0.1) is 11.1 Å². The molecule has 4 aromatic rings. The predicted octanol–water partition coefficient (Wildman–Crippen LogP) is 8.21. The Morgan fingerprint density at radius 3 is 2.52 bits per heavy atom. The summed E-state index contributed by atoms with van der Waals surface area (Å²) in [6, 6.07) is 27.2. The second-order valence-electron chi connectivity index (χ2n) is 12.3. The first-order valence-corrected chi connectivity index (χ1v) is 16.0. The molecule has 5 nitrogen and oxygen atoms in total. The molecule has 1 fully saturated rings. The Hall–Kier alpha value is -4.68. The van der Waals surface area contributed by atoms with E-state index in [1.54, 1.807) is 17.8 Å². The Bertz CT molecular complexity index is 2060. The zero-order chi connectivity index (χ0) is 29.7. The van der Waals surface area contributed by atoms with Crippen molar-refractivity contribution in [2.75, 3.05) is 4.90 Å². The molecule has 3 unspecified atom stereocenters. The zero-order valence-electron chi connectivity index (χ0n) is 23.7. The molecule has 3 aliphatic carbocycles. The largest absolute Gasteiger partial charge is 0.478 e. The lowest BCUT2D eigenvalue weighted by Gasteiger charge is -2.28. The van der Waals surface area contributed by atoms with E-state index in [0.29, 0.717) is 12.0 Å². The second kappa shape index (κ2) is 9.41. The maximum absolute atomic E-state index is 13.0. The number of benzene rings is 4. The van der Waals surface area contributed by atoms with E-state index in [4.69, 9.17) is 0 Å². The van der Waals surface area contributed by atoms with Gasteiger partial charge in [-0.25, -0.2) is 4.79 Å². The number of carboxylic acid groups (broad SMARTS) is 1. The summed E-state index contributed by atoms with van der Waals surface area (Å²) in [5, 5.41) is 9.20. The van der Waals surface area contributed by atoms with Crippen molar-refractivity contribution in [2.45, 2.75) is 42.9 Å². The monoisotopic (exact) mass is 593 g/mol. The molecule has 1 N–H and O–H groups in total. The zero-order valence-corrected chi connectivity index (χ0v) is 24.6. The molecule has 0 aromatic heterocycles. The molecule has 1 saturated carbocycles. The van der Waals surface area contributed by atoms with Gasteiger partial charge >= 0.3 is 5.97 Å². The lowest BCUT2D eigenvalue weighted by molar-refractivity contribution is 0.0696. The molecule has 0 bridgehead atoms. The van der Waals surface area contributed by atoms with Crippen LogP contribution in [0.4, 0.5) is 11.4 Å². The standard InChI is InChI=1S/C38H27NO4S/c40-36-28-12-9-23(38(42)43)16-31(28)37(41)32(36)18-25-19-35(44-25)22-10-13-34-30(15-22)27-6-3-7-33(27)39(34)24-11-8-21-14-20-4-1-2-5-26(20)29(21)17-24/h1-2,4-5,8-13,15-19,25,27,33H,3,6-7,14H2,(H,42,43)/b32-18+. The van der Waals surface area contributed by atoms with Crippen LogP contribution in [0.15, 0.2) is 96.6 Å². The number of thioether (sulfide) groups is 1. The van der Waals surface area contributed by atoms with Gasteiger partial charge in [0.2, 0.25) is 0 Å². The van der Waals surface area contributed by atoms with E-state index in [-0.39, 0.29) is 33.3 Å². The van der Waals surface area contributed by atoms with E-state index in [1.165, 1.54) is 82.2 Å². The number of carbonyl (C=O) groups is 3. The Balaban J connectivity index is 1.00. The number of carboxylic acids is 1. The van der Waals surface area contributed by atoms with Gasteiger partial charge in [0.15, 0.2) is 11.6 Å². The first-order chi connectivity index (χ1) is 21.4. The number of aromatic carboxylic acids is 1. The van der Waals surface area contributed by atoms with Crippen molar-refractivity contribution >= 4 is 45.6 Å². The van der Waals surface area contributed by atoms with Crippen LogP contribution in [-0.4, -0.2) is 33.9 Å². The summed E-state index contributed by atoms with van der Waals surface area (Å²) < 4.78 is 0. The van der Waals surface area contributed by atoms with Crippen LogP contribution in [0.3, 0.4) is 0 Å². The fraction of sp³-hybridized carbons (Fsp3) is 0.184. The van der Waals surface area contributed by atoms with Crippen molar-refractivity contribution in [3.63, 3.8) is 0 Å². The Morgan fingerprint density at radius 1 is 0.841 bits per heavy atom. The van der Waals surface area contributed by atoms with Gasteiger partial charge in [0, 0.05) is 44.6 Å². The second-order valence-corrected chi connectivity index (χ2v) is 13.6. The number of ketones is 2. The molecule has 2 heterocycles. The number of hydrogen-bond donors (Lipinski definition) is 1. The van der Waals surface area contributed by atoms with Crippen LogP contribution in [0.2, 0.25) is 0 Å². The number of fused-ring (bicyclic) bond motifs is 7. The minimum atomic E-state index is -1.12. The van der Waals surface area contributed by atoms with Crippen LogP contribution in [0.25, 0.3) is 16.0 Å². The SMILES string of the molecule is O=C(O)c1ccc2c(c1)C(=O)/C(=C/C1C=C(c3ccc4c(c3)C3CCCC3N4c3ccc4c(c3)-c3ccccc3C4)S1)C2=O. The topological polar surface area (TPSA) is 74.7 Å². The number of Topliss-reactive ketones (excluding diaryl/α,β-unsaturated/α-hetero) is 2. The fourth-order valence-electron chi connectivity index (χ4n) is 7.92. The van der Waals surface area contributed by atoms with Gasteiger partial charge < -0.3 is 10.0 Å². The van der Waals surface area contributed by atoms with Crippen LogP contribution in [-0.2, 0) is 6.42 Å². The maximum atomic E-state index is 13.0. The van der Waals surface area contributed by atoms with E-state index in [0.717, 1.165) is 11.3 Å². The molecule has 5 aliphatic rings. The molecule has 9 rings (SSSR count). The van der Waals surface area contributed by atoms with E-state index in [2.05, 4.69) is 71.6 Å². The van der Waals surface area contributed by atoms with Gasteiger partial charge in [-0.1, -0.05) is 55.0 Å². The minimum Gasteiger partial charge on any atom is -0.478 e. The van der Waals surface area contributed by atoms with E-state index >= 15 is 0 Å². The molecule has 0 saturated heterocycles. The number of hydrogen-bond acceptors (Lipinski definition) is 5. The molecule has 0 spiro atoms. The highest BCUT2D eigenvalue weighted by Gasteiger charge is 2.43. The van der Waals surface area contributed by atoms with Crippen molar-refractivity contribution < 1.29 is 19.5 Å². The van der Waals surface area contributed by atoms with Gasteiger partial charge in [-0.3, -0.25) is 9.59 Å². The average Bonchev–Trinajstić information content (AvgIpc) is 3.76. The Kier molecular flexibility index (Phi) is 5.51. The number of allylic oxidation sites excluding steroid dienone is 1. The van der Waals surface area contributed by atoms with Gasteiger partial charge in [0.25, 0.3) is 0 Å². The summed E-state index contributed by atoms with van der Waals surface area (Å²) in [6.07, 6.45) is 8.46. The summed E-state index contributed by atoms with van der Waals surface area (Å²) in [5.41, 5.74) is 11.3. The molecule has 214 valence electrons. The molecule has 0 radical (unpaired) electrons. The quantitative estimate of drug-likeness (QED) is 0.167. The summed E-state index contributed by atoms with van der Waals surface area (Å²) in [7, 11) is 0. The smallest absolute Gasteiger partial charge is 0.335 e. The molecular formula is C38H27NO4S. The normalized spacial score (nSPS) is 23.2. The number of rotatable bonds is 4. The number of carbonyl (C=O) groups excluding carboxylic acids is 2. The van der Waals surface area contributed by atoms with Gasteiger partial charge in [-0.05, 0) is 95.1 Å². The van der Waals surface area contributed by atoms with E-state index < -0.39 is 11.8 Å². The third-order valence-electron chi connectivity index (χ3n) is 10.00. The molecule has 3 atom stereocenters. The third-order valence-corrected chi connectivity index (χ3v) is 11.2. The van der Waals surface area contributed by atoms with Crippen molar-refractivity contribution in [3.05, 3.63) is 136 Å². The fourth-order valence-corrected chi connectivity index (χ4v) is 8.89. The van der Waals surface area contributed by atoms with Crippen LogP contribution < -0.4 is 4.90 Å². The maximum Gasteiger partial charge on any atom is 0.335 e. The Labute approximate surface area is 258 Å². The molecule has 2 aliphatic heterocycles. The first kappa shape index (κ1) is 25.8. The highest BCUT2D eigenvalue weighted by Crippen LogP contribution is 2.55. The third kappa shape index (κ3) is 3.70. The Morgan fingerprint density at radius 2 is 1.66 bits per heavy atom. The van der Waals surface area contributed by atoms with Crippen LogP contribution in [0, 0.1) is 0 Å². The predicted molar refractivity (Wildman–Crippen MR) is 173 cm³/mol. The molecule has 6 heteroatoms. The molecule has 0 amide bonds. The summed E-state index contributed by atoms with van der Waals surface area (Å²) in [5.74, 6) is -1.33. The first-order valence-electron chi connectivity index (χ1n) is 15.2. The number of anilines is 2. The highest BCUT2D eigenvalue weighted by atomic mass is 32.2. The molecule has 44 heavy (non-hydrogen) atoms. The van der Waals surface area contributed by atoms with Crippen LogP contribution >= 0.6 is 11.8 Å². The average molecular weight is 594 g/mol. The molecule has 4 aromatic carbocycles. The van der Waals surface area contributed by atoms with Crippen molar-refractivity contribution in [2.24, 2.45) is 0 Å². The lowest BCUT2D eigenvalue weighted by Crippen LogP contribution is -2.26. The summed E-state index contributed by atoms with van der Waals surface area (Å²) in [4.78, 5) is 41.0. The van der Waals surface area contributed by atoms with E-state index in [9.17, 15) is 19.5 Å². The van der Waals surface area contributed by atoms with E-state index in [1.807, 2.05) is 0 Å². The minimum absolute atomic E-state index is 0.00698. The van der Waals surface area contributed by atoms with Gasteiger partial charge in [-0.2, -0.15) is 0 Å². The van der Waals surface area contributed by atoms with Crippen molar-refractivity contribution in [1.82, 2.24) is 0 Å².